The van der Waals surface area contributed by atoms with Crippen LogP contribution in [0.2, 0.25) is 0 Å². The highest BCUT2D eigenvalue weighted by atomic mass is 16.5. The van der Waals surface area contributed by atoms with Crippen LogP contribution in [-0.2, 0) is 0 Å². The SMILES string of the molecule is COc1cc2c(C(C)C)ncnc2cc1C(C)C. The molecule has 0 aliphatic heterocycles. The van der Waals surface area contributed by atoms with Crippen LogP contribution in [0.3, 0.4) is 0 Å². The summed E-state index contributed by atoms with van der Waals surface area (Å²) in [5.41, 5.74) is 3.27. The van der Waals surface area contributed by atoms with E-state index in [4.69, 9.17) is 4.74 Å². The van der Waals surface area contributed by atoms with Crippen LogP contribution in [0.4, 0.5) is 0 Å². The van der Waals surface area contributed by atoms with Gasteiger partial charge in [-0.1, -0.05) is 27.7 Å². The van der Waals surface area contributed by atoms with Gasteiger partial charge in [0.25, 0.3) is 0 Å². The van der Waals surface area contributed by atoms with Crippen molar-refractivity contribution in [3.05, 3.63) is 29.7 Å². The van der Waals surface area contributed by atoms with Gasteiger partial charge in [0.2, 0.25) is 0 Å². The Morgan fingerprint density at radius 1 is 1.00 bits per heavy atom. The van der Waals surface area contributed by atoms with Gasteiger partial charge in [-0.2, -0.15) is 0 Å². The summed E-state index contributed by atoms with van der Waals surface area (Å²) in [6, 6.07) is 4.19. The van der Waals surface area contributed by atoms with Crippen molar-refractivity contribution >= 4 is 10.9 Å². The van der Waals surface area contributed by atoms with Gasteiger partial charge in [0, 0.05) is 5.39 Å². The Labute approximate surface area is 108 Å². The molecule has 0 radical (unpaired) electrons. The summed E-state index contributed by atoms with van der Waals surface area (Å²) in [5, 5.41) is 1.09. The zero-order valence-corrected chi connectivity index (χ0v) is 11.7. The summed E-state index contributed by atoms with van der Waals surface area (Å²) in [6.07, 6.45) is 1.65. The highest BCUT2D eigenvalue weighted by molar-refractivity contribution is 5.84. The monoisotopic (exact) mass is 244 g/mol. The number of benzene rings is 1. The third kappa shape index (κ3) is 2.17. The molecule has 96 valence electrons. The number of hydrogen-bond donors (Lipinski definition) is 0. The molecule has 1 aromatic heterocycles. The van der Waals surface area contributed by atoms with E-state index in [-0.39, 0.29) is 0 Å². The summed E-state index contributed by atoms with van der Waals surface area (Å²) < 4.78 is 5.49. The number of nitrogens with zero attached hydrogens (tertiary/aromatic N) is 2. The van der Waals surface area contributed by atoms with Crippen LogP contribution in [0, 0.1) is 0 Å². The summed E-state index contributed by atoms with van der Waals surface area (Å²) in [5.74, 6) is 1.72. The molecule has 18 heavy (non-hydrogen) atoms. The zero-order valence-electron chi connectivity index (χ0n) is 11.7. The number of methoxy groups -OCH3 is 1. The molecule has 0 bridgehead atoms. The van der Waals surface area contributed by atoms with Crippen molar-refractivity contribution < 1.29 is 4.74 Å². The molecule has 3 heteroatoms. The van der Waals surface area contributed by atoms with Gasteiger partial charge >= 0.3 is 0 Å². The van der Waals surface area contributed by atoms with Crippen LogP contribution in [-0.4, -0.2) is 17.1 Å². The predicted molar refractivity (Wildman–Crippen MR) is 74.3 cm³/mol. The molecule has 0 aliphatic rings. The lowest BCUT2D eigenvalue weighted by Crippen LogP contribution is -2.00. The van der Waals surface area contributed by atoms with Crippen LogP contribution >= 0.6 is 0 Å². The Bertz CT molecular complexity index is 562. The smallest absolute Gasteiger partial charge is 0.123 e. The topological polar surface area (TPSA) is 35.0 Å². The molecule has 0 N–H and O–H groups in total. The quantitative estimate of drug-likeness (QED) is 0.821. The Kier molecular flexibility index (Phi) is 3.50. The number of hydrogen-bond acceptors (Lipinski definition) is 3. The van der Waals surface area contributed by atoms with Crippen molar-refractivity contribution in [2.75, 3.05) is 7.11 Å². The second-order valence-corrected chi connectivity index (χ2v) is 5.18. The second-order valence-electron chi connectivity index (χ2n) is 5.18. The average molecular weight is 244 g/mol. The van der Waals surface area contributed by atoms with Crippen LogP contribution in [0.15, 0.2) is 18.5 Å². The van der Waals surface area contributed by atoms with E-state index in [9.17, 15) is 0 Å². The van der Waals surface area contributed by atoms with E-state index < -0.39 is 0 Å². The van der Waals surface area contributed by atoms with E-state index in [1.165, 1.54) is 5.56 Å². The molecule has 0 amide bonds. The van der Waals surface area contributed by atoms with Crippen molar-refractivity contribution in [2.45, 2.75) is 39.5 Å². The van der Waals surface area contributed by atoms with E-state index >= 15 is 0 Å². The maximum atomic E-state index is 5.49. The summed E-state index contributed by atoms with van der Waals surface area (Å²) in [7, 11) is 1.71. The minimum absolute atomic E-state index is 0.380. The molecule has 0 saturated heterocycles. The lowest BCUT2D eigenvalue weighted by molar-refractivity contribution is 0.408. The van der Waals surface area contributed by atoms with Gasteiger partial charge in [-0.25, -0.2) is 9.97 Å². The van der Waals surface area contributed by atoms with E-state index in [1.807, 2.05) is 0 Å². The first-order valence-electron chi connectivity index (χ1n) is 6.37. The first-order valence-corrected chi connectivity index (χ1v) is 6.37. The minimum atomic E-state index is 0.380. The summed E-state index contributed by atoms with van der Waals surface area (Å²) in [4.78, 5) is 8.77. The van der Waals surface area contributed by atoms with Crippen LogP contribution in [0.5, 0.6) is 5.75 Å². The van der Waals surface area contributed by atoms with Crippen LogP contribution < -0.4 is 4.74 Å². The number of fused-ring (bicyclic) bond motifs is 1. The third-order valence-corrected chi connectivity index (χ3v) is 3.19. The molecular weight excluding hydrogens is 224 g/mol. The molecule has 1 aromatic carbocycles. The van der Waals surface area contributed by atoms with Crippen LogP contribution in [0.1, 0.15) is 50.8 Å². The van der Waals surface area contributed by atoms with E-state index in [1.54, 1.807) is 13.4 Å². The van der Waals surface area contributed by atoms with Crippen LogP contribution in [0.25, 0.3) is 10.9 Å². The molecule has 0 aliphatic carbocycles. The minimum Gasteiger partial charge on any atom is -0.496 e. The highest BCUT2D eigenvalue weighted by Gasteiger charge is 2.13. The van der Waals surface area contributed by atoms with Gasteiger partial charge < -0.3 is 4.74 Å². The van der Waals surface area contributed by atoms with E-state index in [2.05, 4.69) is 49.8 Å². The van der Waals surface area contributed by atoms with Gasteiger partial charge in [0.15, 0.2) is 0 Å². The largest absolute Gasteiger partial charge is 0.496 e. The Balaban J connectivity index is 2.74. The highest BCUT2D eigenvalue weighted by Crippen LogP contribution is 2.32. The summed E-state index contributed by atoms with van der Waals surface area (Å²) >= 11 is 0. The standard InChI is InChI=1S/C15H20N2O/c1-9(2)11-6-13-12(7-14(11)18-5)15(10(3)4)17-8-16-13/h6-10H,1-5H3. The normalized spacial score (nSPS) is 11.5. The molecule has 0 saturated carbocycles. The van der Waals surface area contributed by atoms with Gasteiger partial charge in [-0.05, 0) is 29.5 Å². The number of aromatic nitrogens is 2. The van der Waals surface area contributed by atoms with E-state index in [0.717, 1.165) is 22.3 Å². The van der Waals surface area contributed by atoms with Crippen molar-refractivity contribution in [3.63, 3.8) is 0 Å². The molecule has 2 aromatic rings. The van der Waals surface area contributed by atoms with E-state index in [0.29, 0.717) is 11.8 Å². The fourth-order valence-corrected chi connectivity index (χ4v) is 2.21. The Morgan fingerprint density at radius 2 is 1.72 bits per heavy atom. The predicted octanol–water partition coefficient (Wildman–Crippen LogP) is 3.89. The fourth-order valence-electron chi connectivity index (χ4n) is 2.21. The second kappa shape index (κ2) is 4.92. The molecule has 3 nitrogen and oxygen atoms in total. The number of ether oxygens (including phenoxy) is 1. The van der Waals surface area contributed by atoms with Crippen molar-refractivity contribution in [1.82, 2.24) is 9.97 Å². The maximum Gasteiger partial charge on any atom is 0.123 e. The third-order valence-electron chi connectivity index (χ3n) is 3.19. The molecule has 1 heterocycles. The van der Waals surface area contributed by atoms with Gasteiger partial charge in [-0.3, -0.25) is 0 Å². The van der Waals surface area contributed by atoms with Crippen molar-refractivity contribution in [2.24, 2.45) is 0 Å². The maximum absolute atomic E-state index is 5.49. The van der Waals surface area contributed by atoms with Gasteiger partial charge in [0.05, 0.1) is 18.3 Å². The Hall–Kier alpha value is -1.64. The molecule has 2 rings (SSSR count). The summed E-state index contributed by atoms with van der Waals surface area (Å²) in [6.45, 7) is 8.61. The lowest BCUT2D eigenvalue weighted by Gasteiger charge is -2.15. The lowest BCUT2D eigenvalue weighted by atomic mass is 9.97. The molecular formula is C15H20N2O. The first kappa shape index (κ1) is 12.8. The fraction of sp³-hybridized carbons (Fsp3) is 0.467. The van der Waals surface area contributed by atoms with Gasteiger partial charge in [0.1, 0.15) is 12.1 Å². The average Bonchev–Trinajstić information content (AvgIpc) is 2.35. The molecule has 0 atom stereocenters. The van der Waals surface area contributed by atoms with Crippen molar-refractivity contribution in [3.8, 4) is 5.75 Å². The molecule has 0 fully saturated rings. The Morgan fingerprint density at radius 3 is 2.28 bits per heavy atom. The first-order chi connectivity index (χ1) is 8.54. The molecule has 0 unspecified atom stereocenters. The zero-order chi connectivity index (χ0) is 13.3. The molecule has 0 spiro atoms. The van der Waals surface area contributed by atoms with Crippen molar-refractivity contribution in [1.29, 1.82) is 0 Å². The van der Waals surface area contributed by atoms with Gasteiger partial charge in [-0.15, -0.1) is 0 Å². The number of rotatable bonds is 3.